The Hall–Kier alpha value is -1.67. The third-order valence-corrected chi connectivity index (χ3v) is 4.52. The lowest BCUT2D eigenvalue weighted by molar-refractivity contribution is 0.270. The van der Waals surface area contributed by atoms with E-state index in [9.17, 15) is 4.39 Å². The number of aryl methyl sites for hydroxylation is 1. The molecule has 21 heavy (non-hydrogen) atoms. The molecule has 1 aliphatic rings. The van der Waals surface area contributed by atoms with Gasteiger partial charge in [0.1, 0.15) is 5.82 Å². The van der Waals surface area contributed by atoms with Gasteiger partial charge in [0.25, 0.3) is 0 Å². The highest BCUT2D eigenvalue weighted by molar-refractivity contribution is 5.26. The fourth-order valence-corrected chi connectivity index (χ4v) is 3.09. The third-order valence-electron chi connectivity index (χ3n) is 4.52. The van der Waals surface area contributed by atoms with E-state index in [1.165, 1.54) is 17.2 Å². The van der Waals surface area contributed by atoms with Crippen molar-refractivity contribution < 1.29 is 4.39 Å². The van der Waals surface area contributed by atoms with Crippen LogP contribution in [0.2, 0.25) is 0 Å². The van der Waals surface area contributed by atoms with Crippen LogP contribution in [0.4, 0.5) is 4.39 Å². The second-order valence-electron chi connectivity index (χ2n) is 6.22. The monoisotopic (exact) mass is 283 g/mol. The molecular formula is C19H22FN. The van der Waals surface area contributed by atoms with Gasteiger partial charge < -0.3 is 5.32 Å². The highest BCUT2D eigenvalue weighted by Crippen LogP contribution is 2.38. The molecule has 1 atom stereocenters. The van der Waals surface area contributed by atoms with Crippen LogP contribution >= 0.6 is 0 Å². The number of nitrogens with one attached hydrogen (secondary N) is 1. The van der Waals surface area contributed by atoms with Crippen molar-refractivity contribution in [2.24, 2.45) is 0 Å². The van der Waals surface area contributed by atoms with Crippen LogP contribution < -0.4 is 5.32 Å². The molecular weight excluding hydrogens is 261 g/mol. The number of rotatable bonds is 4. The van der Waals surface area contributed by atoms with E-state index in [1.807, 2.05) is 6.07 Å². The molecule has 0 spiro atoms. The highest BCUT2D eigenvalue weighted by Gasteiger charge is 2.31. The molecule has 0 unspecified atom stereocenters. The van der Waals surface area contributed by atoms with Gasteiger partial charge in [-0.3, -0.25) is 0 Å². The number of hydrogen-bond acceptors (Lipinski definition) is 1. The summed E-state index contributed by atoms with van der Waals surface area (Å²) in [7, 11) is 0. The Morgan fingerprint density at radius 2 is 1.81 bits per heavy atom. The maximum atomic E-state index is 13.2. The zero-order chi connectivity index (χ0) is 14.8. The molecule has 0 aliphatic heterocycles. The van der Waals surface area contributed by atoms with E-state index in [1.54, 1.807) is 12.1 Å². The molecule has 1 aliphatic carbocycles. The molecule has 2 aromatic carbocycles. The average Bonchev–Trinajstić information content (AvgIpc) is 2.43. The van der Waals surface area contributed by atoms with Crippen molar-refractivity contribution in [3.63, 3.8) is 0 Å². The molecule has 1 N–H and O–H groups in total. The summed E-state index contributed by atoms with van der Waals surface area (Å²) < 4.78 is 13.2. The first-order chi connectivity index (χ1) is 10.1. The molecule has 0 aromatic heterocycles. The van der Waals surface area contributed by atoms with Crippen LogP contribution in [0.25, 0.3) is 0 Å². The number of halogens is 1. The minimum Gasteiger partial charge on any atom is -0.307 e. The van der Waals surface area contributed by atoms with Gasteiger partial charge in [-0.05, 0) is 55.9 Å². The minimum atomic E-state index is -0.128. The summed E-state index contributed by atoms with van der Waals surface area (Å²) in [6.07, 6.45) is 2.19. The molecule has 2 aromatic rings. The van der Waals surface area contributed by atoms with E-state index in [-0.39, 0.29) is 5.82 Å². The molecule has 0 radical (unpaired) electrons. The fourth-order valence-electron chi connectivity index (χ4n) is 3.09. The summed E-state index contributed by atoms with van der Waals surface area (Å²) in [6, 6.07) is 16.6. The van der Waals surface area contributed by atoms with Crippen molar-refractivity contribution in [2.75, 3.05) is 0 Å². The van der Waals surface area contributed by atoms with Gasteiger partial charge in [-0.1, -0.05) is 42.0 Å². The normalized spacial score (nSPS) is 22.6. The number of hydrogen-bond donors (Lipinski definition) is 1. The molecule has 3 rings (SSSR count). The third kappa shape index (κ3) is 3.33. The predicted octanol–water partition coefficient (Wildman–Crippen LogP) is 4.73. The van der Waals surface area contributed by atoms with Crippen LogP contribution in [0.1, 0.15) is 48.4 Å². The zero-order valence-corrected chi connectivity index (χ0v) is 12.6. The average molecular weight is 283 g/mol. The summed E-state index contributed by atoms with van der Waals surface area (Å²) in [5, 5.41) is 3.67. The van der Waals surface area contributed by atoms with Crippen molar-refractivity contribution >= 4 is 0 Å². The van der Waals surface area contributed by atoms with Gasteiger partial charge in [0.15, 0.2) is 0 Å². The second kappa shape index (κ2) is 5.98. The topological polar surface area (TPSA) is 12.0 Å². The van der Waals surface area contributed by atoms with E-state index in [0.29, 0.717) is 18.0 Å². The molecule has 1 saturated carbocycles. The first kappa shape index (κ1) is 14.3. The molecule has 2 heteroatoms. The van der Waals surface area contributed by atoms with E-state index < -0.39 is 0 Å². The van der Waals surface area contributed by atoms with Gasteiger partial charge in [-0.25, -0.2) is 4.39 Å². The van der Waals surface area contributed by atoms with E-state index in [2.05, 4.69) is 43.4 Å². The number of benzene rings is 2. The second-order valence-corrected chi connectivity index (χ2v) is 6.22. The standard InChI is InChI=1S/C19H22FN/c1-13-6-8-15(9-7-13)14(2)21-19-11-17(12-19)16-4-3-5-18(20)10-16/h3-10,14,17,19,21H,11-12H2,1-2H3/t14-,17?,19?/m1/s1. The first-order valence-corrected chi connectivity index (χ1v) is 7.70. The summed E-state index contributed by atoms with van der Waals surface area (Å²) >= 11 is 0. The van der Waals surface area contributed by atoms with Gasteiger partial charge >= 0.3 is 0 Å². The van der Waals surface area contributed by atoms with Crippen LogP contribution in [0.5, 0.6) is 0 Å². The lowest BCUT2D eigenvalue weighted by atomic mass is 9.75. The van der Waals surface area contributed by atoms with Crippen LogP contribution in [0.3, 0.4) is 0 Å². The maximum absolute atomic E-state index is 13.2. The first-order valence-electron chi connectivity index (χ1n) is 7.70. The van der Waals surface area contributed by atoms with Crippen LogP contribution in [-0.2, 0) is 0 Å². The summed E-state index contributed by atoms with van der Waals surface area (Å²) in [5.74, 6) is 0.375. The van der Waals surface area contributed by atoms with E-state index in [4.69, 9.17) is 0 Å². The summed E-state index contributed by atoms with van der Waals surface area (Å²) in [6.45, 7) is 4.32. The summed E-state index contributed by atoms with van der Waals surface area (Å²) in [4.78, 5) is 0. The quantitative estimate of drug-likeness (QED) is 0.855. The van der Waals surface area contributed by atoms with Crippen molar-refractivity contribution in [3.8, 4) is 0 Å². The van der Waals surface area contributed by atoms with E-state index >= 15 is 0 Å². The molecule has 0 heterocycles. The molecule has 110 valence electrons. The lowest BCUT2D eigenvalue weighted by Gasteiger charge is -2.38. The van der Waals surface area contributed by atoms with Crippen molar-refractivity contribution in [1.82, 2.24) is 5.32 Å². The maximum Gasteiger partial charge on any atom is 0.123 e. The molecule has 0 saturated heterocycles. The molecule has 1 fully saturated rings. The van der Waals surface area contributed by atoms with Crippen molar-refractivity contribution in [3.05, 3.63) is 71.0 Å². The molecule has 0 amide bonds. The van der Waals surface area contributed by atoms with Crippen molar-refractivity contribution in [2.45, 2.75) is 44.7 Å². The van der Waals surface area contributed by atoms with Crippen molar-refractivity contribution in [1.29, 1.82) is 0 Å². The van der Waals surface area contributed by atoms with Gasteiger partial charge in [-0.15, -0.1) is 0 Å². The largest absolute Gasteiger partial charge is 0.307 e. The van der Waals surface area contributed by atoms with Gasteiger partial charge in [0, 0.05) is 12.1 Å². The molecule has 0 bridgehead atoms. The minimum absolute atomic E-state index is 0.128. The van der Waals surface area contributed by atoms with Gasteiger partial charge in [0.2, 0.25) is 0 Å². The van der Waals surface area contributed by atoms with Crippen LogP contribution in [0.15, 0.2) is 48.5 Å². The Morgan fingerprint density at radius 1 is 1.10 bits per heavy atom. The lowest BCUT2D eigenvalue weighted by Crippen LogP contribution is -2.41. The van der Waals surface area contributed by atoms with Crippen LogP contribution in [-0.4, -0.2) is 6.04 Å². The van der Waals surface area contributed by atoms with Gasteiger partial charge in [0.05, 0.1) is 0 Å². The van der Waals surface area contributed by atoms with Crippen LogP contribution in [0, 0.1) is 12.7 Å². The predicted molar refractivity (Wildman–Crippen MR) is 84.9 cm³/mol. The smallest absolute Gasteiger partial charge is 0.123 e. The Bertz CT molecular complexity index is 599. The zero-order valence-electron chi connectivity index (χ0n) is 12.6. The Morgan fingerprint density at radius 3 is 2.48 bits per heavy atom. The Kier molecular flexibility index (Phi) is 4.07. The Balaban J connectivity index is 1.54. The summed E-state index contributed by atoms with van der Waals surface area (Å²) in [5.41, 5.74) is 3.76. The van der Waals surface area contributed by atoms with E-state index in [0.717, 1.165) is 18.4 Å². The van der Waals surface area contributed by atoms with Gasteiger partial charge in [-0.2, -0.15) is 0 Å². The Labute approximate surface area is 126 Å². The molecule has 1 nitrogen and oxygen atoms in total. The fraction of sp³-hybridized carbons (Fsp3) is 0.368. The highest BCUT2D eigenvalue weighted by atomic mass is 19.1. The SMILES string of the molecule is Cc1ccc([C@@H](C)NC2CC(c3cccc(F)c3)C2)cc1.